The molecule has 2 unspecified atom stereocenters. The van der Waals surface area contributed by atoms with E-state index >= 15 is 0 Å². The number of nitrogens with two attached hydrogens (primary N) is 1. The number of aromatic nitrogens is 4. The lowest BCUT2D eigenvalue weighted by Gasteiger charge is -2.26. The summed E-state index contributed by atoms with van der Waals surface area (Å²) in [5.41, 5.74) is 7.53. The van der Waals surface area contributed by atoms with Crippen molar-refractivity contribution in [1.82, 2.24) is 25.1 Å². The molecule has 0 saturated carbocycles. The van der Waals surface area contributed by atoms with Gasteiger partial charge in [-0.15, -0.1) is 5.10 Å². The molecule has 3 heterocycles. The lowest BCUT2D eigenvalue weighted by atomic mass is 10.0. The van der Waals surface area contributed by atoms with Crippen molar-refractivity contribution in [2.75, 3.05) is 0 Å². The van der Waals surface area contributed by atoms with Crippen molar-refractivity contribution in [2.45, 2.75) is 12.3 Å². The van der Waals surface area contributed by atoms with Crippen LogP contribution in [-0.2, 0) is 0 Å². The molecule has 0 fully saturated rings. The standard InChI is InChI=1S/C22H15F2N7O2/c23-13-5-2-6-14(24)16(13)19(32)21-29-22-20(26)28-17(12-4-1-3-11(7-12)8-25)18(31(22)30-21)15-9-27-10-33-15/h1-7,9-10,19-20,28,32H,26H2. The number of aliphatic hydroxyl groups is 1. The molecule has 0 radical (unpaired) electrons. The van der Waals surface area contributed by atoms with Gasteiger partial charge in [0.25, 0.3) is 0 Å². The fourth-order valence-corrected chi connectivity index (χ4v) is 3.64. The van der Waals surface area contributed by atoms with Gasteiger partial charge in [0.2, 0.25) is 0 Å². The third kappa shape index (κ3) is 3.43. The van der Waals surface area contributed by atoms with Gasteiger partial charge in [0.15, 0.2) is 23.8 Å². The Kier molecular flexibility index (Phi) is 4.93. The zero-order valence-corrected chi connectivity index (χ0v) is 16.8. The molecule has 4 N–H and O–H groups in total. The summed E-state index contributed by atoms with van der Waals surface area (Å²) in [6.07, 6.45) is -0.00404. The predicted molar refractivity (Wildman–Crippen MR) is 110 cm³/mol. The van der Waals surface area contributed by atoms with Crippen molar-refractivity contribution in [3.05, 3.63) is 101 Å². The molecular formula is C22H15F2N7O2. The summed E-state index contributed by atoms with van der Waals surface area (Å²) in [7, 11) is 0. The number of halogens is 2. The van der Waals surface area contributed by atoms with E-state index in [1.54, 1.807) is 24.3 Å². The molecule has 5 rings (SSSR count). The van der Waals surface area contributed by atoms with Crippen LogP contribution >= 0.6 is 0 Å². The number of fused-ring (bicyclic) bond motifs is 1. The van der Waals surface area contributed by atoms with Gasteiger partial charge in [0.05, 0.1) is 29.1 Å². The number of nitrogens with one attached hydrogen (secondary N) is 1. The van der Waals surface area contributed by atoms with Gasteiger partial charge in [-0.2, -0.15) is 5.26 Å². The number of hydrogen-bond acceptors (Lipinski definition) is 8. The Bertz CT molecular complexity index is 1400. The minimum absolute atomic E-state index is 0.174. The normalized spacial score (nSPS) is 16.2. The second-order valence-corrected chi connectivity index (χ2v) is 7.18. The molecular weight excluding hydrogens is 432 g/mol. The smallest absolute Gasteiger partial charge is 0.184 e. The lowest BCUT2D eigenvalue weighted by molar-refractivity contribution is 0.199. The first-order valence-electron chi connectivity index (χ1n) is 9.73. The number of benzene rings is 2. The van der Waals surface area contributed by atoms with Gasteiger partial charge in [-0.25, -0.2) is 23.4 Å². The van der Waals surface area contributed by atoms with Gasteiger partial charge in [-0.3, -0.25) is 0 Å². The molecule has 2 aromatic carbocycles. The molecule has 0 spiro atoms. The first-order chi connectivity index (χ1) is 16.0. The number of aliphatic hydroxyl groups excluding tert-OH is 1. The molecule has 33 heavy (non-hydrogen) atoms. The Balaban J connectivity index is 1.70. The van der Waals surface area contributed by atoms with Crippen LogP contribution in [0.4, 0.5) is 8.78 Å². The summed E-state index contributed by atoms with van der Waals surface area (Å²) in [6.45, 7) is 0. The van der Waals surface area contributed by atoms with Crippen molar-refractivity contribution in [3.8, 4) is 6.07 Å². The highest BCUT2D eigenvalue weighted by atomic mass is 19.1. The molecule has 0 bridgehead atoms. The fourth-order valence-electron chi connectivity index (χ4n) is 3.64. The number of oxazole rings is 1. The van der Waals surface area contributed by atoms with Gasteiger partial charge in [0, 0.05) is 5.56 Å². The first kappa shape index (κ1) is 20.5. The van der Waals surface area contributed by atoms with Crippen molar-refractivity contribution in [3.63, 3.8) is 0 Å². The highest BCUT2D eigenvalue weighted by molar-refractivity contribution is 5.89. The van der Waals surface area contributed by atoms with Crippen LogP contribution in [0, 0.1) is 23.0 Å². The SMILES string of the molecule is N#Cc1cccc(C2=C(c3cnco3)n3nc(C(O)c4c(F)cccc4F)nc3C(N)N2)c1. The van der Waals surface area contributed by atoms with Crippen molar-refractivity contribution in [2.24, 2.45) is 5.73 Å². The first-order valence-corrected chi connectivity index (χ1v) is 9.73. The maximum atomic E-state index is 14.2. The van der Waals surface area contributed by atoms with Crippen LogP contribution in [0.15, 0.2) is 59.5 Å². The topological polar surface area (TPSA) is 139 Å². The van der Waals surface area contributed by atoms with E-state index in [1.165, 1.54) is 23.3 Å². The average molecular weight is 447 g/mol. The van der Waals surface area contributed by atoms with E-state index in [-0.39, 0.29) is 17.4 Å². The maximum absolute atomic E-state index is 14.2. The molecule has 0 amide bonds. The summed E-state index contributed by atoms with van der Waals surface area (Å²) in [5.74, 6) is -1.66. The van der Waals surface area contributed by atoms with Gasteiger partial charge in [0.1, 0.15) is 29.6 Å². The third-order valence-electron chi connectivity index (χ3n) is 5.14. The minimum atomic E-state index is -1.78. The van der Waals surface area contributed by atoms with Gasteiger partial charge in [-0.05, 0) is 24.3 Å². The molecule has 1 aliphatic heterocycles. The fraction of sp³-hybridized carbons (Fsp3) is 0.0909. The van der Waals surface area contributed by atoms with E-state index in [9.17, 15) is 19.1 Å². The van der Waals surface area contributed by atoms with Crippen LogP contribution in [0.25, 0.3) is 11.4 Å². The van der Waals surface area contributed by atoms with E-state index in [2.05, 4.69) is 26.5 Å². The summed E-state index contributed by atoms with van der Waals surface area (Å²) in [5, 5.41) is 27.4. The molecule has 2 atom stereocenters. The average Bonchev–Trinajstić information content (AvgIpc) is 3.50. The van der Waals surface area contributed by atoms with Crippen LogP contribution in [0.3, 0.4) is 0 Å². The number of hydrogen-bond donors (Lipinski definition) is 3. The molecule has 164 valence electrons. The summed E-state index contributed by atoms with van der Waals surface area (Å²) in [4.78, 5) is 8.19. The highest BCUT2D eigenvalue weighted by Crippen LogP contribution is 2.34. The number of nitriles is 1. The van der Waals surface area contributed by atoms with E-state index in [1.807, 2.05) is 0 Å². The zero-order chi connectivity index (χ0) is 23.1. The Hall–Kier alpha value is -4.40. The second kappa shape index (κ2) is 7.94. The number of rotatable bonds is 4. The Morgan fingerprint density at radius 2 is 1.97 bits per heavy atom. The van der Waals surface area contributed by atoms with E-state index in [4.69, 9.17) is 10.2 Å². The Morgan fingerprint density at radius 3 is 2.67 bits per heavy atom. The Labute approximate surface area is 185 Å². The Morgan fingerprint density at radius 1 is 1.21 bits per heavy atom. The largest absolute Gasteiger partial charge is 0.442 e. The van der Waals surface area contributed by atoms with Gasteiger partial charge < -0.3 is 20.6 Å². The van der Waals surface area contributed by atoms with Crippen molar-refractivity contribution in [1.29, 1.82) is 5.26 Å². The number of nitrogens with zero attached hydrogens (tertiary/aromatic N) is 5. The lowest BCUT2D eigenvalue weighted by Crippen LogP contribution is -2.35. The van der Waals surface area contributed by atoms with Crippen LogP contribution in [0.2, 0.25) is 0 Å². The molecule has 11 heteroatoms. The summed E-state index contributed by atoms with van der Waals surface area (Å²) < 4.78 is 35.3. The predicted octanol–water partition coefficient (Wildman–Crippen LogP) is 2.43. The summed E-state index contributed by atoms with van der Waals surface area (Å²) >= 11 is 0. The van der Waals surface area contributed by atoms with Crippen LogP contribution in [-0.4, -0.2) is 24.9 Å². The molecule has 0 saturated heterocycles. The van der Waals surface area contributed by atoms with Gasteiger partial charge in [-0.1, -0.05) is 18.2 Å². The molecule has 1 aliphatic rings. The van der Waals surface area contributed by atoms with Crippen molar-refractivity contribution >= 4 is 11.4 Å². The van der Waals surface area contributed by atoms with E-state index in [0.717, 1.165) is 12.1 Å². The quantitative estimate of drug-likeness (QED) is 0.434. The summed E-state index contributed by atoms with van der Waals surface area (Å²) in [6, 6.07) is 12.1. The zero-order valence-electron chi connectivity index (χ0n) is 16.8. The highest BCUT2D eigenvalue weighted by Gasteiger charge is 2.33. The van der Waals surface area contributed by atoms with Crippen LogP contribution in [0.5, 0.6) is 0 Å². The van der Waals surface area contributed by atoms with Crippen LogP contribution < -0.4 is 11.1 Å². The second-order valence-electron chi connectivity index (χ2n) is 7.18. The molecule has 0 aliphatic carbocycles. The maximum Gasteiger partial charge on any atom is 0.184 e. The third-order valence-corrected chi connectivity index (χ3v) is 5.14. The van der Waals surface area contributed by atoms with Crippen LogP contribution in [0.1, 0.15) is 46.4 Å². The van der Waals surface area contributed by atoms with Gasteiger partial charge >= 0.3 is 0 Å². The minimum Gasteiger partial charge on any atom is -0.442 e. The van der Waals surface area contributed by atoms with E-state index < -0.39 is 29.5 Å². The van der Waals surface area contributed by atoms with Crippen molar-refractivity contribution < 1.29 is 18.3 Å². The molecule has 4 aromatic rings. The van der Waals surface area contributed by atoms with E-state index in [0.29, 0.717) is 22.5 Å². The molecule has 9 nitrogen and oxygen atoms in total. The molecule has 2 aromatic heterocycles. The monoisotopic (exact) mass is 447 g/mol.